The lowest BCUT2D eigenvalue weighted by atomic mass is 9.85. The Bertz CT molecular complexity index is 161. The van der Waals surface area contributed by atoms with Crippen LogP contribution in [0.5, 0.6) is 0 Å². The molecule has 0 aliphatic rings. The summed E-state index contributed by atoms with van der Waals surface area (Å²) in [4.78, 5) is 16.2. The zero-order valence-electron chi connectivity index (χ0n) is 9.31. The average Bonchev–Trinajstić information content (AvgIpc) is 1.96. The van der Waals surface area contributed by atoms with Gasteiger partial charge in [-0.15, -0.1) is 0 Å². The predicted molar refractivity (Wildman–Crippen MR) is 53.0 cm³/mol. The molecule has 0 aromatic carbocycles. The van der Waals surface area contributed by atoms with Crippen molar-refractivity contribution in [2.75, 3.05) is 6.61 Å². The van der Waals surface area contributed by atoms with Crippen LogP contribution in [0, 0.1) is 11.3 Å². The molecule has 0 radical (unpaired) electrons. The van der Waals surface area contributed by atoms with Crippen molar-refractivity contribution in [1.29, 1.82) is 0 Å². The maximum Gasteiger partial charge on any atom is 0.246 e. The summed E-state index contributed by atoms with van der Waals surface area (Å²) in [5, 5.41) is 0. The van der Waals surface area contributed by atoms with Gasteiger partial charge in [0.15, 0.2) is 0 Å². The fraction of sp³-hybridized carbons (Fsp3) is 0.900. The second kappa shape index (κ2) is 5.22. The number of hydroxylamine groups is 1. The van der Waals surface area contributed by atoms with Gasteiger partial charge in [-0.3, -0.25) is 9.63 Å². The van der Waals surface area contributed by atoms with Crippen molar-refractivity contribution in [3.8, 4) is 0 Å². The van der Waals surface area contributed by atoms with E-state index in [1.807, 2.05) is 13.8 Å². The van der Waals surface area contributed by atoms with Crippen molar-refractivity contribution in [2.24, 2.45) is 11.3 Å². The lowest BCUT2D eigenvalue weighted by Gasteiger charge is -2.22. The molecule has 0 aromatic rings. The first-order valence-corrected chi connectivity index (χ1v) is 4.78. The van der Waals surface area contributed by atoms with Gasteiger partial charge in [0.05, 0.1) is 6.61 Å². The molecule has 1 unspecified atom stereocenters. The molecule has 1 atom stereocenters. The monoisotopic (exact) mass is 187 g/mol. The topological polar surface area (TPSA) is 38.3 Å². The second-order valence-electron chi connectivity index (χ2n) is 4.57. The normalized spacial score (nSPS) is 13.9. The van der Waals surface area contributed by atoms with Crippen molar-refractivity contribution >= 4 is 5.91 Å². The third-order valence-corrected chi connectivity index (χ3v) is 1.68. The maximum absolute atomic E-state index is 11.3. The van der Waals surface area contributed by atoms with Gasteiger partial charge in [-0.05, 0) is 18.8 Å². The number of hydrogen-bond donors (Lipinski definition) is 1. The highest BCUT2D eigenvalue weighted by Gasteiger charge is 2.20. The zero-order valence-corrected chi connectivity index (χ0v) is 9.31. The van der Waals surface area contributed by atoms with Crippen LogP contribution in [0.15, 0.2) is 0 Å². The average molecular weight is 187 g/mol. The summed E-state index contributed by atoms with van der Waals surface area (Å²) in [5.41, 5.74) is 2.60. The Hall–Kier alpha value is -0.570. The van der Waals surface area contributed by atoms with Gasteiger partial charge < -0.3 is 0 Å². The highest BCUT2D eigenvalue weighted by atomic mass is 16.6. The Morgan fingerprint density at radius 1 is 1.46 bits per heavy atom. The van der Waals surface area contributed by atoms with Gasteiger partial charge in [-0.1, -0.05) is 27.7 Å². The zero-order chi connectivity index (χ0) is 10.5. The molecule has 0 fully saturated rings. The Morgan fingerprint density at radius 2 is 2.00 bits per heavy atom. The minimum Gasteiger partial charge on any atom is -0.274 e. The molecule has 3 nitrogen and oxygen atoms in total. The van der Waals surface area contributed by atoms with Crippen molar-refractivity contribution in [2.45, 2.75) is 41.0 Å². The lowest BCUT2D eigenvalue weighted by Crippen LogP contribution is -2.31. The molecule has 13 heavy (non-hydrogen) atoms. The van der Waals surface area contributed by atoms with Gasteiger partial charge in [0.25, 0.3) is 0 Å². The molecule has 0 aromatic heterocycles. The second-order valence-corrected chi connectivity index (χ2v) is 4.57. The summed E-state index contributed by atoms with van der Waals surface area (Å²) in [7, 11) is 0. The van der Waals surface area contributed by atoms with Crippen LogP contribution >= 0.6 is 0 Å². The summed E-state index contributed by atoms with van der Waals surface area (Å²) < 4.78 is 0. The lowest BCUT2D eigenvalue weighted by molar-refractivity contribution is -0.137. The quantitative estimate of drug-likeness (QED) is 0.685. The molecule has 1 amide bonds. The van der Waals surface area contributed by atoms with E-state index in [0.717, 1.165) is 6.42 Å². The van der Waals surface area contributed by atoms with Crippen LogP contribution in [0.4, 0.5) is 0 Å². The highest BCUT2D eigenvalue weighted by Crippen LogP contribution is 2.23. The summed E-state index contributed by atoms with van der Waals surface area (Å²) >= 11 is 0. The van der Waals surface area contributed by atoms with E-state index in [0.29, 0.717) is 6.61 Å². The van der Waals surface area contributed by atoms with Gasteiger partial charge >= 0.3 is 0 Å². The summed E-state index contributed by atoms with van der Waals surface area (Å²) in [5.74, 6) is -0.0247. The van der Waals surface area contributed by atoms with Crippen molar-refractivity contribution in [3.05, 3.63) is 0 Å². The summed E-state index contributed by atoms with van der Waals surface area (Å²) in [6.07, 6.45) is 0.867. The third kappa shape index (κ3) is 6.58. The van der Waals surface area contributed by atoms with E-state index in [2.05, 4.69) is 26.3 Å². The SMILES string of the molecule is CCONC(=O)C(C)CC(C)(C)C. The van der Waals surface area contributed by atoms with E-state index in [1.54, 1.807) is 0 Å². The minimum absolute atomic E-state index is 0.00606. The van der Waals surface area contributed by atoms with Crippen LogP contribution in [0.3, 0.4) is 0 Å². The van der Waals surface area contributed by atoms with Crippen LogP contribution in [0.2, 0.25) is 0 Å². The standard InChI is InChI=1S/C10H21NO2/c1-6-13-11-9(12)8(2)7-10(3,4)5/h8H,6-7H2,1-5H3,(H,11,12). The first-order valence-electron chi connectivity index (χ1n) is 4.78. The molecule has 0 bridgehead atoms. The molecular formula is C10H21NO2. The van der Waals surface area contributed by atoms with Crippen molar-refractivity contribution < 1.29 is 9.63 Å². The molecule has 78 valence electrons. The largest absolute Gasteiger partial charge is 0.274 e. The molecule has 1 N–H and O–H groups in total. The molecule has 0 aliphatic heterocycles. The Morgan fingerprint density at radius 3 is 2.38 bits per heavy atom. The number of carbonyl (C=O) groups is 1. The first-order chi connectivity index (χ1) is 5.87. The van der Waals surface area contributed by atoms with Crippen LogP contribution < -0.4 is 5.48 Å². The first kappa shape index (κ1) is 12.4. The fourth-order valence-electron chi connectivity index (χ4n) is 1.26. The predicted octanol–water partition coefficient (Wildman–Crippen LogP) is 2.13. The van der Waals surface area contributed by atoms with E-state index >= 15 is 0 Å². The molecule has 0 heterocycles. The van der Waals surface area contributed by atoms with Gasteiger partial charge in [0, 0.05) is 5.92 Å². The van der Waals surface area contributed by atoms with E-state index in [1.165, 1.54) is 0 Å². The van der Waals surface area contributed by atoms with Gasteiger partial charge in [0.1, 0.15) is 0 Å². The van der Waals surface area contributed by atoms with E-state index in [9.17, 15) is 4.79 Å². The van der Waals surface area contributed by atoms with E-state index < -0.39 is 0 Å². The number of hydrogen-bond acceptors (Lipinski definition) is 2. The summed E-state index contributed by atoms with van der Waals surface area (Å²) in [6, 6.07) is 0. The van der Waals surface area contributed by atoms with Crippen LogP contribution in [-0.2, 0) is 9.63 Å². The number of amides is 1. The molecule has 0 spiro atoms. The molecule has 3 heteroatoms. The molecule has 0 rings (SSSR count). The van der Waals surface area contributed by atoms with E-state index in [4.69, 9.17) is 4.84 Å². The number of carbonyl (C=O) groups excluding carboxylic acids is 1. The van der Waals surface area contributed by atoms with Crippen LogP contribution in [0.25, 0.3) is 0 Å². The molecule has 0 saturated heterocycles. The number of nitrogens with one attached hydrogen (secondary N) is 1. The smallest absolute Gasteiger partial charge is 0.246 e. The van der Waals surface area contributed by atoms with Gasteiger partial charge in [-0.2, -0.15) is 0 Å². The van der Waals surface area contributed by atoms with E-state index in [-0.39, 0.29) is 17.2 Å². The highest BCUT2D eigenvalue weighted by molar-refractivity contribution is 5.77. The Balaban J connectivity index is 3.83. The van der Waals surface area contributed by atoms with Gasteiger partial charge in [-0.25, -0.2) is 5.48 Å². The Labute approximate surface area is 80.8 Å². The maximum atomic E-state index is 11.3. The summed E-state index contributed by atoms with van der Waals surface area (Å²) in [6.45, 7) is 10.6. The molecule has 0 saturated carbocycles. The van der Waals surface area contributed by atoms with Gasteiger partial charge in [0.2, 0.25) is 5.91 Å². The Kier molecular flexibility index (Phi) is 4.99. The third-order valence-electron chi connectivity index (χ3n) is 1.68. The number of rotatable bonds is 4. The van der Waals surface area contributed by atoms with Crippen LogP contribution in [-0.4, -0.2) is 12.5 Å². The van der Waals surface area contributed by atoms with Crippen molar-refractivity contribution in [3.63, 3.8) is 0 Å². The van der Waals surface area contributed by atoms with Crippen LogP contribution in [0.1, 0.15) is 41.0 Å². The molecule has 0 aliphatic carbocycles. The fourth-order valence-corrected chi connectivity index (χ4v) is 1.26. The minimum atomic E-state index is -0.0308. The molecular weight excluding hydrogens is 166 g/mol. The van der Waals surface area contributed by atoms with Crippen molar-refractivity contribution in [1.82, 2.24) is 5.48 Å².